The number of rotatable bonds is 4. The smallest absolute Gasteiger partial charge is 0.257 e. The lowest BCUT2D eigenvalue weighted by atomic mass is 10.1. The number of hydrogen-bond donors (Lipinski definition) is 1. The second kappa shape index (κ2) is 4.65. The van der Waals surface area contributed by atoms with E-state index < -0.39 is 0 Å². The number of nitrogens with one attached hydrogen (secondary N) is 1. The molecule has 1 fully saturated rings. The zero-order chi connectivity index (χ0) is 11.5. The topological polar surface area (TPSA) is 50.2 Å². The lowest BCUT2D eigenvalue weighted by Gasteiger charge is -2.38. The van der Waals surface area contributed by atoms with Gasteiger partial charge >= 0.3 is 0 Å². The lowest BCUT2D eigenvalue weighted by Crippen LogP contribution is -2.59. The number of aryl methyl sites for hydroxylation is 1. The van der Waals surface area contributed by atoms with Crippen molar-refractivity contribution in [2.24, 2.45) is 7.05 Å². The van der Waals surface area contributed by atoms with E-state index in [2.05, 4.69) is 17.3 Å². The second-order valence-corrected chi connectivity index (χ2v) is 4.21. The van der Waals surface area contributed by atoms with Crippen molar-refractivity contribution >= 4 is 5.91 Å². The van der Waals surface area contributed by atoms with Crippen molar-refractivity contribution < 1.29 is 4.79 Å². The number of carbonyl (C=O) groups is 1. The van der Waals surface area contributed by atoms with Crippen LogP contribution in [-0.4, -0.2) is 46.3 Å². The molecule has 0 spiro atoms. The van der Waals surface area contributed by atoms with Crippen LogP contribution in [0.4, 0.5) is 0 Å². The summed E-state index contributed by atoms with van der Waals surface area (Å²) in [7, 11) is 1.83. The van der Waals surface area contributed by atoms with Gasteiger partial charge in [0.2, 0.25) is 0 Å². The molecule has 1 saturated heterocycles. The molecule has 0 radical (unpaired) electrons. The Morgan fingerprint density at radius 2 is 2.44 bits per heavy atom. The summed E-state index contributed by atoms with van der Waals surface area (Å²) in [6.45, 7) is 4.73. The molecule has 5 heteroatoms. The molecule has 1 aromatic rings. The highest BCUT2D eigenvalue weighted by Crippen LogP contribution is 2.11. The van der Waals surface area contributed by atoms with Crippen LogP contribution in [0, 0.1) is 0 Å². The minimum atomic E-state index is 0.0986. The Kier molecular flexibility index (Phi) is 3.24. The van der Waals surface area contributed by atoms with Crippen LogP contribution in [0.5, 0.6) is 0 Å². The van der Waals surface area contributed by atoms with Gasteiger partial charge in [-0.05, 0) is 6.42 Å². The van der Waals surface area contributed by atoms with Gasteiger partial charge in [0.1, 0.15) is 0 Å². The first-order valence-electron chi connectivity index (χ1n) is 5.72. The van der Waals surface area contributed by atoms with E-state index in [0.717, 1.165) is 26.1 Å². The molecule has 1 aliphatic heterocycles. The minimum Gasteiger partial charge on any atom is -0.333 e. The molecule has 0 saturated carbocycles. The third-order valence-electron chi connectivity index (χ3n) is 2.88. The molecule has 1 N–H and O–H groups in total. The van der Waals surface area contributed by atoms with Gasteiger partial charge in [-0.25, -0.2) is 0 Å². The molecule has 0 bridgehead atoms. The summed E-state index contributed by atoms with van der Waals surface area (Å²) in [5.41, 5.74) is 0.683. The molecule has 0 aromatic carbocycles. The summed E-state index contributed by atoms with van der Waals surface area (Å²) in [4.78, 5) is 14.2. The van der Waals surface area contributed by atoms with Crippen LogP contribution in [-0.2, 0) is 7.05 Å². The van der Waals surface area contributed by atoms with Crippen molar-refractivity contribution in [3.8, 4) is 0 Å². The molecule has 16 heavy (non-hydrogen) atoms. The summed E-state index contributed by atoms with van der Waals surface area (Å²) in [6, 6.07) is 0.354. The van der Waals surface area contributed by atoms with Gasteiger partial charge in [0, 0.05) is 32.9 Å². The SMILES string of the molecule is CCCN(C(=O)c1cnn(C)c1)C1CNC1. The van der Waals surface area contributed by atoms with Crippen LogP contribution >= 0.6 is 0 Å². The lowest BCUT2D eigenvalue weighted by molar-refractivity contribution is 0.0615. The number of carbonyl (C=O) groups excluding carboxylic acids is 1. The standard InChI is InChI=1S/C11H18N4O/c1-3-4-15(10-6-12-7-10)11(16)9-5-13-14(2)8-9/h5,8,10,12H,3-4,6-7H2,1-2H3. The minimum absolute atomic E-state index is 0.0986. The normalized spacial score (nSPS) is 15.9. The van der Waals surface area contributed by atoms with Crippen LogP contribution in [0.25, 0.3) is 0 Å². The van der Waals surface area contributed by atoms with Gasteiger partial charge in [0.15, 0.2) is 0 Å². The Balaban J connectivity index is 2.09. The van der Waals surface area contributed by atoms with Gasteiger partial charge in [0.05, 0.1) is 17.8 Å². The van der Waals surface area contributed by atoms with Crippen LogP contribution < -0.4 is 5.32 Å². The van der Waals surface area contributed by atoms with Crippen molar-refractivity contribution in [3.63, 3.8) is 0 Å². The third kappa shape index (κ3) is 2.09. The average Bonchev–Trinajstić information content (AvgIpc) is 2.60. The van der Waals surface area contributed by atoms with Crippen molar-refractivity contribution in [1.29, 1.82) is 0 Å². The van der Waals surface area contributed by atoms with E-state index in [1.54, 1.807) is 17.1 Å². The zero-order valence-corrected chi connectivity index (χ0v) is 9.81. The summed E-state index contributed by atoms with van der Waals surface area (Å²) >= 11 is 0. The van der Waals surface area contributed by atoms with E-state index in [1.165, 1.54) is 0 Å². The molecule has 0 atom stereocenters. The molecule has 88 valence electrons. The molecule has 2 rings (SSSR count). The molecule has 2 heterocycles. The Hall–Kier alpha value is -1.36. The molecule has 0 aliphatic carbocycles. The van der Waals surface area contributed by atoms with E-state index in [9.17, 15) is 4.79 Å². The summed E-state index contributed by atoms with van der Waals surface area (Å²) in [5, 5.41) is 7.23. The van der Waals surface area contributed by atoms with Crippen molar-refractivity contribution in [2.45, 2.75) is 19.4 Å². The maximum absolute atomic E-state index is 12.2. The molecule has 5 nitrogen and oxygen atoms in total. The Labute approximate surface area is 95.4 Å². The Bertz CT molecular complexity index is 370. The highest BCUT2D eigenvalue weighted by atomic mass is 16.2. The number of nitrogens with zero attached hydrogens (tertiary/aromatic N) is 3. The van der Waals surface area contributed by atoms with Gasteiger partial charge in [0.25, 0.3) is 5.91 Å². The summed E-state index contributed by atoms with van der Waals surface area (Å²) in [6.07, 6.45) is 4.40. The Morgan fingerprint density at radius 3 is 2.88 bits per heavy atom. The first kappa shape index (κ1) is 11.1. The van der Waals surface area contributed by atoms with Crippen molar-refractivity contribution in [3.05, 3.63) is 18.0 Å². The molecule has 1 aliphatic rings. The maximum Gasteiger partial charge on any atom is 0.257 e. The number of aromatic nitrogens is 2. The third-order valence-corrected chi connectivity index (χ3v) is 2.88. The predicted molar refractivity (Wildman–Crippen MR) is 61.2 cm³/mol. The predicted octanol–water partition coefficient (Wildman–Crippen LogP) is 0.244. The van der Waals surface area contributed by atoms with Crippen LogP contribution in [0.3, 0.4) is 0 Å². The van der Waals surface area contributed by atoms with Crippen LogP contribution in [0.15, 0.2) is 12.4 Å². The first-order valence-corrected chi connectivity index (χ1v) is 5.72. The second-order valence-electron chi connectivity index (χ2n) is 4.21. The fourth-order valence-corrected chi connectivity index (χ4v) is 1.88. The van der Waals surface area contributed by atoms with Crippen molar-refractivity contribution in [2.75, 3.05) is 19.6 Å². The number of amides is 1. The average molecular weight is 222 g/mol. The fourth-order valence-electron chi connectivity index (χ4n) is 1.88. The van der Waals surface area contributed by atoms with Crippen LogP contribution in [0.1, 0.15) is 23.7 Å². The molecule has 1 amide bonds. The van der Waals surface area contributed by atoms with E-state index >= 15 is 0 Å². The van der Waals surface area contributed by atoms with Gasteiger partial charge < -0.3 is 10.2 Å². The van der Waals surface area contributed by atoms with E-state index in [0.29, 0.717) is 11.6 Å². The number of hydrogen-bond acceptors (Lipinski definition) is 3. The monoisotopic (exact) mass is 222 g/mol. The Morgan fingerprint density at radius 1 is 1.69 bits per heavy atom. The highest BCUT2D eigenvalue weighted by molar-refractivity contribution is 5.94. The highest BCUT2D eigenvalue weighted by Gasteiger charge is 2.28. The molecular weight excluding hydrogens is 204 g/mol. The van der Waals surface area contributed by atoms with E-state index in [4.69, 9.17) is 0 Å². The largest absolute Gasteiger partial charge is 0.333 e. The first-order chi connectivity index (χ1) is 7.72. The molecule has 0 unspecified atom stereocenters. The van der Waals surface area contributed by atoms with Gasteiger partial charge in [-0.15, -0.1) is 0 Å². The van der Waals surface area contributed by atoms with E-state index in [-0.39, 0.29) is 5.91 Å². The molecular formula is C11H18N4O. The van der Waals surface area contributed by atoms with Gasteiger partial charge in [-0.3, -0.25) is 9.48 Å². The summed E-state index contributed by atoms with van der Waals surface area (Å²) < 4.78 is 1.66. The van der Waals surface area contributed by atoms with Gasteiger partial charge in [-0.2, -0.15) is 5.10 Å². The zero-order valence-electron chi connectivity index (χ0n) is 9.81. The summed E-state index contributed by atoms with van der Waals surface area (Å²) in [5.74, 6) is 0.0986. The maximum atomic E-state index is 12.2. The van der Waals surface area contributed by atoms with Gasteiger partial charge in [-0.1, -0.05) is 6.92 Å². The fraction of sp³-hybridized carbons (Fsp3) is 0.636. The van der Waals surface area contributed by atoms with Crippen molar-refractivity contribution in [1.82, 2.24) is 20.0 Å². The van der Waals surface area contributed by atoms with E-state index in [1.807, 2.05) is 11.9 Å². The quantitative estimate of drug-likeness (QED) is 0.794. The molecule has 1 aromatic heterocycles. The van der Waals surface area contributed by atoms with Crippen LogP contribution in [0.2, 0.25) is 0 Å².